The molecule has 3 atom stereocenters. The largest absolute Gasteiger partial charge is 0.504 e. The molecule has 1 heterocycles. The van der Waals surface area contributed by atoms with Gasteiger partial charge in [0.15, 0.2) is 23.0 Å². The van der Waals surface area contributed by atoms with Gasteiger partial charge in [0, 0.05) is 23.7 Å². The molecule has 1 saturated carbocycles. The number of Topliss-reactive ketones (excluding diaryl/α,β-unsaturated/α-hetero) is 1. The summed E-state index contributed by atoms with van der Waals surface area (Å²) in [4.78, 5) is 32.1. The van der Waals surface area contributed by atoms with Crippen molar-refractivity contribution in [2.45, 2.75) is 52.4 Å². The fourth-order valence-corrected chi connectivity index (χ4v) is 5.46. The minimum atomic E-state index is -0.620. The molecule has 0 bridgehead atoms. The number of methoxy groups -OCH3 is 2. The van der Waals surface area contributed by atoms with Crippen LogP contribution < -0.4 is 14.2 Å². The Hall–Kier alpha value is -3.81. The van der Waals surface area contributed by atoms with Crippen LogP contribution in [0.1, 0.15) is 63.5 Å². The first kappa shape index (κ1) is 28.2. The predicted molar refractivity (Wildman–Crippen MR) is 148 cm³/mol. The lowest BCUT2D eigenvalue weighted by atomic mass is 9.66. The zero-order valence-corrected chi connectivity index (χ0v) is 23.4. The van der Waals surface area contributed by atoms with Gasteiger partial charge in [-0.15, -0.1) is 0 Å². The van der Waals surface area contributed by atoms with Gasteiger partial charge in [0.1, 0.15) is 5.78 Å². The summed E-state index contributed by atoms with van der Waals surface area (Å²) >= 11 is 0. The Morgan fingerprint density at radius 2 is 1.69 bits per heavy atom. The van der Waals surface area contributed by atoms with Gasteiger partial charge in [-0.05, 0) is 67.5 Å². The van der Waals surface area contributed by atoms with E-state index < -0.39 is 17.8 Å². The molecular weight excluding hydrogens is 498 g/mol. The maximum Gasteiger partial charge on any atom is 0.336 e. The zero-order chi connectivity index (χ0) is 28.3. The van der Waals surface area contributed by atoms with E-state index in [2.05, 4.69) is 0 Å². The molecule has 4 rings (SSSR count). The first-order valence-corrected chi connectivity index (χ1v) is 13.3. The van der Waals surface area contributed by atoms with Crippen molar-refractivity contribution in [3.05, 3.63) is 58.8 Å². The van der Waals surface area contributed by atoms with E-state index >= 15 is 0 Å². The van der Waals surface area contributed by atoms with Crippen LogP contribution in [0.25, 0.3) is 0 Å². The molecule has 8 nitrogen and oxygen atoms in total. The minimum Gasteiger partial charge on any atom is -0.504 e. The summed E-state index contributed by atoms with van der Waals surface area (Å²) in [5.41, 5.74) is 3.30. The lowest BCUT2D eigenvalue weighted by Gasteiger charge is -2.38. The van der Waals surface area contributed by atoms with Gasteiger partial charge in [-0.2, -0.15) is 0 Å². The van der Waals surface area contributed by atoms with Crippen LogP contribution in [-0.2, 0) is 14.3 Å². The molecule has 208 valence electrons. The van der Waals surface area contributed by atoms with Crippen LogP contribution in [-0.4, -0.2) is 50.0 Å². The lowest BCUT2D eigenvalue weighted by molar-refractivity contribution is -0.140. The Morgan fingerprint density at radius 3 is 2.36 bits per heavy atom. The van der Waals surface area contributed by atoms with Crippen molar-refractivity contribution < 1.29 is 33.6 Å². The van der Waals surface area contributed by atoms with Gasteiger partial charge in [0.05, 0.1) is 38.9 Å². The van der Waals surface area contributed by atoms with Crippen LogP contribution in [0, 0.1) is 11.8 Å². The van der Waals surface area contributed by atoms with Crippen LogP contribution in [0.2, 0.25) is 0 Å². The number of hydrogen-bond donors (Lipinski definition) is 1. The predicted octanol–water partition coefficient (Wildman–Crippen LogP) is 5.58. The molecule has 1 aliphatic carbocycles. The third-order valence-corrected chi connectivity index (χ3v) is 7.24. The Labute approximate surface area is 229 Å². The van der Waals surface area contributed by atoms with Crippen LogP contribution >= 0.6 is 0 Å². The molecule has 0 amide bonds. The van der Waals surface area contributed by atoms with Crippen molar-refractivity contribution in [1.29, 1.82) is 0 Å². The van der Waals surface area contributed by atoms with E-state index in [1.807, 2.05) is 39.0 Å². The molecule has 2 aromatic rings. The number of phenols is 1. The van der Waals surface area contributed by atoms with Crippen molar-refractivity contribution in [1.82, 2.24) is 0 Å². The van der Waals surface area contributed by atoms with Crippen LogP contribution in [0.4, 0.5) is 0 Å². The van der Waals surface area contributed by atoms with E-state index in [-0.39, 0.29) is 30.0 Å². The number of nitrogens with zero attached hydrogens (tertiary/aromatic N) is 1. The minimum absolute atomic E-state index is 0.00146. The van der Waals surface area contributed by atoms with E-state index in [4.69, 9.17) is 23.9 Å². The number of aliphatic imine (C=N–C) groups is 1. The quantitative estimate of drug-likeness (QED) is 0.418. The second-order valence-electron chi connectivity index (χ2n) is 10.4. The van der Waals surface area contributed by atoms with Gasteiger partial charge in [0.25, 0.3) is 0 Å². The maximum absolute atomic E-state index is 13.9. The number of benzene rings is 2. The summed E-state index contributed by atoms with van der Waals surface area (Å²) in [5.74, 6) is -0.101. The lowest BCUT2D eigenvalue weighted by Crippen LogP contribution is -2.41. The van der Waals surface area contributed by atoms with Crippen LogP contribution in [0.15, 0.2) is 52.7 Å². The van der Waals surface area contributed by atoms with Crippen molar-refractivity contribution in [2.75, 3.05) is 27.4 Å². The highest BCUT2D eigenvalue weighted by atomic mass is 16.5. The number of aromatic hydroxyl groups is 1. The number of ether oxygens (including phenoxy) is 4. The number of esters is 1. The highest BCUT2D eigenvalue weighted by Gasteiger charge is 2.46. The van der Waals surface area contributed by atoms with Crippen LogP contribution in [0.3, 0.4) is 0 Å². The summed E-state index contributed by atoms with van der Waals surface area (Å²) in [6.45, 7) is 8.18. The average molecular weight is 536 g/mol. The van der Waals surface area contributed by atoms with E-state index in [1.54, 1.807) is 33.3 Å². The first-order chi connectivity index (χ1) is 18.7. The van der Waals surface area contributed by atoms with Gasteiger partial charge in [-0.25, -0.2) is 4.79 Å². The van der Waals surface area contributed by atoms with E-state index in [9.17, 15) is 14.7 Å². The number of rotatable bonds is 9. The molecule has 2 aliphatic rings. The van der Waals surface area contributed by atoms with Gasteiger partial charge in [0.2, 0.25) is 0 Å². The molecule has 0 aromatic heterocycles. The summed E-state index contributed by atoms with van der Waals surface area (Å²) in [7, 11) is 3.17. The van der Waals surface area contributed by atoms with Crippen molar-refractivity contribution >= 4 is 17.5 Å². The summed E-state index contributed by atoms with van der Waals surface area (Å²) in [6.07, 6.45) is 0.851. The number of fused-ring (bicyclic) bond motifs is 1. The van der Waals surface area contributed by atoms with E-state index in [0.717, 1.165) is 11.3 Å². The SMILES string of the molecule is CCOc1cc([C@H]2C(C(=O)OCC(C)C)=C(C)N=C3C[C@@H](c4ccc(OC)c(OC)c4)CC(=O)C32)ccc1O. The van der Waals surface area contributed by atoms with Crippen molar-refractivity contribution in [3.8, 4) is 23.0 Å². The molecule has 1 N–H and O–H groups in total. The molecule has 1 aliphatic heterocycles. The molecule has 1 fully saturated rings. The van der Waals surface area contributed by atoms with Gasteiger partial charge < -0.3 is 24.1 Å². The number of carbonyl (C=O) groups is 2. The van der Waals surface area contributed by atoms with Gasteiger partial charge in [-0.1, -0.05) is 26.0 Å². The second-order valence-corrected chi connectivity index (χ2v) is 10.4. The third kappa shape index (κ3) is 5.79. The Bertz CT molecular complexity index is 1310. The topological polar surface area (TPSA) is 104 Å². The Balaban J connectivity index is 1.78. The summed E-state index contributed by atoms with van der Waals surface area (Å²) in [6, 6.07) is 10.7. The Kier molecular flexibility index (Phi) is 8.63. The Morgan fingerprint density at radius 1 is 1.00 bits per heavy atom. The smallest absolute Gasteiger partial charge is 0.336 e. The molecule has 1 unspecified atom stereocenters. The molecule has 8 heteroatoms. The average Bonchev–Trinajstić information content (AvgIpc) is 2.91. The number of phenolic OH excluding ortho intramolecular Hbond substituents is 1. The van der Waals surface area contributed by atoms with Gasteiger partial charge in [-0.3, -0.25) is 9.79 Å². The molecular formula is C31H37NO7. The standard InChI is InChI=1S/C31H37NO7/c1-7-38-26-15-20(8-10-23(26)33)29-28(31(35)39-16-17(2)3)18(4)32-22-12-21(13-24(34)30(22)29)19-9-11-25(36-5)27(14-19)37-6/h8-11,14-15,17,21,29-30,33H,7,12-13,16H2,1-6H3/t21-,29+,30?/m1/s1. The first-order valence-electron chi connectivity index (χ1n) is 13.3. The number of ketones is 1. The molecule has 39 heavy (non-hydrogen) atoms. The second kappa shape index (κ2) is 11.9. The van der Waals surface area contributed by atoms with E-state index in [1.165, 1.54) is 6.07 Å². The monoisotopic (exact) mass is 535 g/mol. The number of carbonyl (C=O) groups excluding carboxylic acids is 2. The zero-order valence-electron chi connectivity index (χ0n) is 23.4. The normalized spacial score (nSPS) is 20.8. The highest BCUT2D eigenvalue weighted by molar-refractivity contribution is 6.12. The van der Waals surface area contributed by atoms with Gasteiger partial charge >= 0.3 is 5.97 Å². The third-order valence-electron chi connectivity index (χ3n) is 7.24. The maximum atomic E-state index is 13.9. The number of hydrogen-bond acceptors (Lipinski definition) is 8. The van der Waals surface area contributed by atoms with E-state index in [0.29, 0.717) is 53.5 Å². The number of allylic oxidation sites excluding steroid dienone is 1. The van der Waals surface area contributed by atoms with Crippen LogP contribution in [0.5, 0.6) is 23.0 Å². The summed E-state index contributed by atoms with van der Waals surface area (Å²) < 4.78 is 22.1. The fourth-order valence-electron chi connectivity index (χ4n) is 5.46. The molecule has 0 spiro atoms. The highest BCUT2D eigenvalue weighted by Crippen LogP contribution is 2.47. The fraction of sp³-hybridized carbons (Fsp3) is 0.452. The van der Waals surface area contributed by atoms with Crippen molar-refractivity contribution in [2.24, 2.45) is 16.8 Å². The summed E-state index contributed by atoms with van der Waals surface area (Å²) in [5, 5.41) is 10.3. The van der Waals surface area contributed by atoms with Crippen molar-refractivity contribution in [3.63, 3.8) is 0 Å². The molecule has 2 aromatic carbocycles. The molecule has 0 saturated heterocycles. The molecule has 0 radical (unpaired) electrons.